The van der Waals surface area contributed by atoms with Gasteiger partial charge in [0.05, 0.1) is 7.05 Å². The highest BCUT2D eigenvalue weighted by Crippen LogP contribution is 2.40. The molecular formula is C26H25N2O+. The van der Waals surface area contributed by atoms with E-state index in [2.05, 4.69) is 104 Å². The molecule has 0 saturated heterocycles. The number of nitrogens with zero attached hydrogens (tertiary/aromatic N) is 2. The Balaban J connectivity index is 1.92. The Morgan fingerprint density at radius 1 is 0.897 bits per heavy atom. The van der Waals surface area contributed by atoms with Crippen LogP contribution in [0.25, 0.3) is 39.0 Å². The Morgan fingerprint density at radius 3 is 2.45 bits per heavy atom. The summed E-state index contributed by atoms with van der Waals surface area (Å²) in [6, 6.07) is 21.3. The lowest BCUT2D eigenvalue weighted by atomic mass is 9.94. The van der Waals surface area contributed by atoms with Crippen LogP contribution in [-0.2, 0) is 7.05 Å². The van der Waals surface area contributed by atoms with Crippen molar-refractivity contribution in [1.82, 2.24) is 4.57 Å². The molecule has 0 amide bonds. The number of furan rings is 1. The maximum atomic E-state index is 6.45. The summed E-state index contributed by atoms with van der Waals surface area (Å²) in [6.07, 6.45) is 4.26. The van der Waals surface area contributed by atoms with E-state index in [0.29, 0.717) is 5.92 Å². The largest absolute Gasteiger partial charge is 0.455 e. The minimum absolute atomic E-state index is 0.378. The molecule has 5 rings (SSSR count). The lowest BCUT2D eigenvalue weighted by molar-refractivity contribution is -0.659. The topological polar surface area (TPSA) is 21.9 Å². The Labute approximate surface area is 170 Å². The number of imidazole rings is 1. The van der Waals surface area contributed by atoms with E-state index in [1.54, 1.807) is 0 Å². The summed E-state index contributed by atoms with van der Waals surface area (Å²) in [6.45, 7) is 6.65. The van der Waals surface area contributed by atoms with Crippen molar-refractivity contribution < 1.29 is 8.98 Å². The van der Waals surface area contributed by atoms with Gasteiger partial charge in [-0.15, -0.1) is 0 Å². The van der Waals surface area contributed by atoms with E-state index >= 15 is 0 Å². The van der Waals surface area contributed by atoms with E-state index in [0.717, 1.165) is 27.8 Å². The molecule has 5 aromatic rings. The fourth-order valence-corrected chi connectivity index (χ4v) is 4.32. The van der Waals surface area contributed by atoms with E-state index in [4.69, 9.17) is 4.42 Å². The van der Waals surface area contributed by atoms with E-state index in [-0.39, 0.29) is 0 Å². The van der Waals surface area contributed by atoms with Crippen LogP contribution in [0.15, 0.2) is 77.5 Å². The maximum absolute atomic E-state index is 6.45. The van der Waals surface area contributed by atoms with Crippen LogP contribution in [-0.4, -0.2) is 4.57 Å². The summed E-state index contributed by atoms with van der Waals surface area (Å²) in [4.78, 5) is 0. The van der Waals surface area contributed by atoms with Crippen LogP contribution in [0.4, 0.5) is 0 Å². The molecule has 0 aliphatic rings. The molecule has 0 unspecified atom stereocenters. The van der Waals surface area contributed by atoms with Crippen molar-refractivity contribution in [2.45, 2.75) is 26.7 Å². The molecule has 0 aliphatic heterocycles. The highest BCUT2D eigenvalue weighted by atomic mass is 16.3. The smallest absolute Gasteiger partial charge is 0.297 e. The monoisotopic (exact) mass is 381 g/mol. The van der Waals surface area contributed by atoms with Gasteiger partial charge in [0.2, 0.25) is 0 Å². The molecular weight excluding hydrogens is 356 g/mol. The zero-order valence-electron chi connectivity index (χ0n) is 17.3. The van der Waals surface area contributed by atoms with Crippen molar-refractivity contribution in [2.24, 2.45) is 7.05 Å². The van der Waals surface area contributed by atoms with E-state index < -0.39 is 0 Å². The highest BCUT2D eigenvalue weighted by Gasteiger charge is 2.28. The van der Waals surface area contributed by atoms with Crippen LogP contribution in [0, 0.1) is 6.92 Å². The number of fused-ring (bicyclic) bond motifs is 3. The SMILES string of the molecule is Cc1ccccc1-n1cc[n+](C)c1-c1c(C(C)C)ccc2c1oc1ccccc12. The number of rotatable bonds is 3. The molecule has 29 heavy (non-hydrogen) atoms. The molecule has 0 radical (unpaired) electrons. The standard InChI is InChI=1S/C26H25N2O/c1-17(2)19-13-14-21-20-10-6-8-12-23(20)29-25(21)24(19)26-27(4)15-16-28(26)22-11-7-5-9-18(22)3/h5-17H,1-4H3/q+1. The van der Waals surface area contributed by atoms with Crippen molar-refractivity contribution in [3.8, 4) is 17.1 Å². The third-order valence-electron chi connectivity index (χ3n) is 5.80. The Kier molecular flexibility index (Phi) is 4.06. The summed E-state index contributed by atoms with van der Waals surface area (Å²) in [5.41, 5.74) is 6.78. The highest BCUT2D eigenvalue weighted by molar-refractivity contribution is 6.09. The molecule has 2 aromatic heterocycles. The zero-order chi connectivity index (χ0) is 20.1. The number of para-hydroxylation sites is 2. The second kappa shape index (κ2) is 6.63. The summed E-state index contributed by atoms with van der Waals surface area (Å²) < 4.78 is 10.9. The molecule has 0 saturated carbocycles. The minimum Gasteiger partial charge on any atom is -0.455 e. The molecule has 0 atom stereocenters. The molecule has 2 heterocycles. The first-order chi connectivity index (χ1) is 14.1. The van der Waals surface area contributed by atoms with Crippen LogP contribution in [0.3, 0.4) is 0 Å². The predicted octanol–water partition coefficient (Wildman–Crippen LogP) is 6.30. The number of aromatic nitrogens is 2. The lowest BCUT2D eigenvalue weighted by Crippen LogP contribution is -2.29. The first-order valence-electron chi connectivity index (χ1n) is 10.1. The molecule has 0 N–H and O–H groups in total. The molecule has 144 valence electrons. The normalized spacial score (nSPS) is 11.8. The van der Waals surface area contributed by atoms with Crippen molar-refractivity contribution >= 4 is 21.9 Å². The van der Waals surface area contributed by atoms with Gasteiger partial charge in [-0.05, 0) is 36.1 Å². The first-order valence-corrected chi connectivity index (χ1v) is 10.1. The van der Waals surface area contributed by atoms with Gasteiger partial charge in [0, 0.05) is 10.8 Å². The molecule has 0 aliphatic carbocycles. The van der Waals surface area contributed by atoms with Crippen LogP contribution in [0.2, 0.25) is 0 Å². The molecule has 0 spiro atoms. The Morgan fingerprint density at radius 2 is 1.66 bits per heavy atom. The van der Waals surface area contributed by atoms with Crippen molar-refractivity contribution in [1.29, 1.82) is 0 Å². The second-order valence-electron chi connectivity index (χ2n) is 8.05. The third-order valence-corrected chi connectivity index (χ3v) is 5.80. The molecule has 3 aromatic carbocycles. The molecule has 0 bridgehead atoms. The second-order valence-corrected chi connectivity index (χ2v) is 8.05. The van der Waals surface area contributed by atoms with Gasteiger partial charge in [0.15, 0.2) is 5.58 Å². The number of aryl methyl sites for hydroxylation is 2. The van der Waals surface area contributed by atoms with E-state index in [1.165, 1.54) is 22.4 Å². The van der Waals surface area contributed by atoms with Crippen LogP contribution in [0.1, 0.15) is 30.9 Å². The summed E-state index contributed by atoms with van der Waals surface area (Å²) in [5, 5.41) is 2.33. The molecule has 3 nitrogen and oxygen atoms in total. The summed E-state index contributed by atoms with van der Waals surface area (Å²) >= 11 is 0. The van der Waals surface area contributed by atoms with Crippen molar-refractivity contribution in [3.05, 3.63) is 84.2 Å². The predicted molar refractivity (Wildman–Crippen MR) is 118 cm³/mol. The van der Waals surface area contributed by atoms with Gasteiger partial charge in [-0.3, -0.25) is 0 Å². The number of benzene rings is 3. The number of hydrogen-bond acceptors (Lipinski definition) is 1. The third kappa shape index (κ3) is 2.69. The quantitative estimate of drug-likeness (QED) is 0.336. The van der Waals surface area contributed by atoms with Crippen LogP contribution < -0.4 is 4.57 Å². The molecule has 0 fully saturated rings. The lowest BCUT2D eigenvalue weighted by Gasteiger charge is -2.13. The summed E-state index contributed by atoms with van der Waals surface area (Å²) in [7, 11) is 2.11. The fraction of sp³-hybridized carbons (Fsp3) is 0.192. The minimum atomic E-state index is 0.378. The average Bonchev–Trinajstić information content (AvgIpc) is 3.28. The van der Waals surface area contributed by atoms with Crippen molar-refractivity contribution in [3.63, 3.8) is 0 Å². The first kappa shape index (κ1) is 17.7. The van der Waals surface area contributed by atoms with Gasteiger partial charge in [0.1, 0.15) is 29.2 Å². The van der Waals surface area contributed by atoms with Gasteiger partial charge in [-0.25, -0.2) is 4.57 Å². The Bertz CT molecular complexity index is 1350. The van der Waals surface area contributed by atoms with E-state index in [9.17, 15) is 0 Å². The number of hydrogen-bond donors (Lipinski definition) is 0. The van der Waals surface area contributed by atoms with Gasteiger partial charge < -0.3 is 4.42 Å². The Hall–Kier alpha value is -3.33. The van der Waals surface area contributed by atoms with Crippen LogP contribution >= 0.6 is 0 Å². The summed E-state index contributed by atoms with van der Waals surface area (Å²) in [5.74, 6) is 1.51. The average molecular weight is 381 g/mol. The van der Waals surface area contributed by atoms with Gasteiger partial charge in [0.25, 0.3) is 5.82 Å². The van der Waals surface area contributed by atoms with Crippen molar-refractivity contribution in [2.75, 3.05) is 0 Å². The van der Waals surface area contributed by atoms with E-state index in [1.807, 2.05) is 6.07 Å². The van der Waals surface area contributed by atoms with Gasteiger partial charge in [-0.1, -0.05) is 62.4 Å². The van der Waals surface area contributed by atoms with Gasteiger partial charge >= 0.3 is 0 Å². The van der Waals surface area contributed by atoms with Crippen LogP contribution in [0.5, 0.6) is 0 Å². The fourth-order valence-electron chi connectivity index (χ4n) is 4.32. The zero-order valence-corrected chi connectivity index (χ0v) is 17.3. The van der Waals surface area contributed by atoms with Gasteiger partial charge in [-0.2, -0.15) is 4.57 Å². The maximum Gasteiger partial charge on any atom is 0.297 e. The molecule has 3 heteroatoms.